The fourth-order valence-electron chi connectivity index (χ4n) is 3.14. The summed E-state index contributed by atoms with van der Waals surface area (Å²) >= 11 is 6.19. The first kappa shape index (κ1) is 18.1. The predicted molar refractivity (Wildman–Crippen MR) is 101 cm³/mol. The number of hydrogen-bond acceptors (Lipinski definition) is 7. The number of fused-ring (bicyclic) bond motifs is 1. The smallest absolute Gasteiger partial charge is 0.223 e. The number of nitrogen functional groups attached to an aromatic ring is 1. The Morgan fingerprint density at radius 1 is 1.38 bits per heavy atom. The third kappa shape index (κ3) is 2.99. The minimum absolute atomic E-state index is 0.0293. The predicted octanol–water partition coefficient (Wildman–Crippen LogP) is 2.88. The molecule has 3 heterocycles. The van der Waals surface area contributed by atoms with Gasteiger partial charge in [-0.3, -0.25) is 9.78 Å². The summed E-state index contributed by atoms with van der Waals surface area (Å²) in [6, 6.07) is 0. The van der Waals surface area contributed by atoms with Crippen LogP contribution in [0.1, 0.15) is 34.1 Å². The number of Topliss-reactive ketones (excluding diaryl/α,β-unsaturated/α-hetero) is 1. The van der Waals surface area contributed by atoms with E-state index in [0.29, 0.717) is 24.5 Å². The van der Waals surface area contributed by atoms with Crippen molar-refractivity contribution < 1.29 is 9.53 Å². The van der Waals surface area contributed by atoms with Crippen LogP contribution < -0.4 is 15.4 Å². The molecule has 136 valence electrons. The SMILES string of the molecule is CC=C1CN(Cc2ncc(C)c(OC)c2C)c2nc(N)nc(Cl)c2C1=O. The van der Waals surface area contributed by atoms with Crippen LogP contribution in [0.3, 0.4) is 0 Å². The van der Waals surface area contributed by atoms with Crippen molar-refractivity contribution in [3.8, 4) is 5.75 Å². The number of ketones is 1. The summed E-state index contributed by atoms with van der Waals surface area (Å²) in [6.45, 7) is 6.56. The van der Waals surface area contributed by atoms with E-state index in [4.69, 9.17) is 22.1 Å². The molecule has 2 aromatic rings. The maximum absolute atomic E-state index is 12.7. The second kappa shape index (κ2) is 6.92. The van der Waals surface area contributed by atoms with Crippen LogP contribution in [0.4, 0.5) is 11.8 Å². The van der Waals surface area contributed by atoms with Gasteiger partial charge in [0.2, 0.25) is 5.95 Å². The number of rotatable bonds is 3. The van der Waals surface area contributed by atoms with E-state index in [1.807, 2.05) is 25.7 Å². The molecule has 0 spiro atoms. The van der Waals surface area contributed by atoms with Gasteiger partial charge in [0, 0.05) is 29.4 Å². The van der Waals surface area contributed by atoms with Gasteiger partial charge in [-0.2, -0.15) is 4.98 Å². The van der Waals surface area contributed by atoms with Crippen LogP contribution >= 0.6 is 11.6 Å². The summed E-state index contributed by atoms with van der Waals surface area (Å²) in [5, 5.41) is 0.0627. The summed E-state index contributed by atoms with van der Waals surface area (Å²) in [6.07, 6.45) is 3.55. The lowest BCUT2D eigenvalue weighted by Gasteiger charge is -2.31. The van der Waals surface area contributed by atoms with Gasteiger partial charge in [-0.05, 0) is 20.8 Å². The number of methoxy groups -OCH3 is 1. The first-order valence-electron chi connectivity index (χ1n) is 8.14. The number of carbonyl (C=O) groups excluding carboxylic acids is 1. The molecule has 7 nitrogen and oxygen atoms in total. The number of aryl methyl sites for hydroxylation is 1. The molecule has 0 fully saturated rings. The van der Waals surface area contributed by atoms with Crippen LogP contribution in [0.15, 0.2) is 17.8 Å². The van der Waals surface area contributed by atoms with E-state index in [2.05, 4.69) is 15.0 Å². The number of ether oxygens (including phenoxy) is 1. The Hall–Kier alpha value is -2.67. The van der Waals surface area contributed by atoms with E-state index in [-0.39, 0.29) is 22.4 Å². The quantitative estimate of drug-likeness (QED) is 0.652. The number of aromatic nitrogens is 3. The van der Waals surface area contributed by atoms with Gasteiger partial charge in [0.25, 0.3) is 0 Å². The molecule has 0 aliphatic carbocycles. The molecule has 0 aromatic carbocycles. The second-order valence-electron chi connectivity index (χ2n) is 6.12. The highest BCUT2D eigenvalue weighted by atomic mass is 35.5. The van der Waals surface area contributed by atoms with Gasteiger partial charge >= 0.3 is 0 Å². The average molecular weight is 374 g/mol. The third-order valence-corrected chi connectivity index (χ3v) is 4.75. The van der Waals surface area contributed by atoms with Crippen molar-refractivity contribution in [3.05, 3.63) is 45.4 Å². The van der Waals surface area contributed by atoms with E-state index < -0.39 is 0 Å². The van der Waals surface area contributed by atoms with E-state index >= 15 is 0 Å². The number of allylic oxidation sites excluding steroid dienone is 1. The standard InChI is InChI=1S/C18H20ClN5O2/c1-5-11-7-24(8-12-10(3)15(26-4)9(2)6-21-12)17-13(14(11)25)16(19)22-18(20)23-17/h5-6H,7-8H2,1-4H3,(H2,20,22,23). The van der Waals surface area contributed by atoms with E-state index in [1.54, 1.807) is 19.4 Å². The van der Waals surface area contributed by atoms with Gasteiger partial charge in [-0.1, -0.05) is 17.7 Å². The molecule has 0 atom stereocenters. The van der Waals surface area contributed by atoms with Crippen molar-refractivity contribution in [3.63, 3.8) is 0 Å². The van der Waals surface area contributed by atoms with Crippen molar-refractivity contribution in [2.24, 2.45) is 0 Å². The van der Waals surface area contributed by atoms with Gasteiger partial charge in [-0.25, -0.2) is 4.98 Å². The highest BCUT2D eigenvalue weighted by Crippen LogP contribution is 2.34. The Kier molecular flexibility index (Phi) is 4.82. The summed E-state index contributed by atoms with van der Waals surface area (Å²) in [5.41, 5.74) is 9.40. The molecule has 0 amide bonds. The number of anilines is 2. The number of carbonyl (C=O) groups is 1. The van der Waals surface area contributed by atoms with Crippen LogP contribution in [-0.2, 0) is 6.54 Å². The van der Waals surface area contributed by atoms with Crippen molar-refractivity contribution >= 4 is 29.2 Å². The van der Waals surface area contributed by atoms with Crippen molar-refractivity contribution in [2.75, 3.05) is 24.3 Å². The molecule has 8 heteroatoms. The fraction of sp³-hybridized carbons (Fsp3) is 0.333. The van der Waals surface area contributed by atoms with Crippen molar-refractivity contribution in [1.29, 1.82) is 0 Å². The number of halogens is 1. The number of nitrogens with zero attached hydrogens (tertiary/aromatic N) is 4. The molecule has 2 aromatic heterocycles. The Labute approximate surface area is 156 Å². The molecule has 26 heavy (non-hydrogen) atoms. The van der Waals surface area contributed by atoms with Gasteiger partial charge in [0.05, 0.1) is 19.3 Å². The molecular formula is C18H20ClN5O2. The molecule has 0 radical (unpaired) electrons. The monoisotopic (exact) mass is 373 g/mol. The second-order valence-corrected chi connectivity index (χ2v) is 6.47. The summed E-state index contributed by atoms with van der Waals surface area (Å²) in [7, 11) is 1.64. The first-order valence-corrected chi connectivity index (χ1v) is 8.52. The largest absolute Gasteiger partial charge is 0.496 e. The van der Waals surface area contributed by atoms with Crippen LogP contribution in [0.2, 0.25) is 5.15 Å². The summed E-state index contributed by atoms with van der Waals surface area (Å²) < 4.78 is 5.48. The van der Waals surface area contributed by atoms with Gasteiger partial charge in [0.1, 0.15) is 22.3 Å². The van der Waals surface area contributed by atoms with Crippen LogP contribution in [0.25, 0.3) is 0 Å². The van der Waals surface area contributed by atoms with E-state index in [9.17, 15) is 4.79 Å². The van der Waals surface area contributed by atoms with Crippen LogP contribution in [0, 0.1) is 13.8 Å². The Morgan fingerprint density at radius 3 is 2.77 bits per heavy atom. The van der Waals surface area contributed by atoms with Crippen molar-refractivity contribution in [2.45, 2.75) is 27.3 Å². The zero-order valence-electron chi connectivity index (χ0n) is 15.1. The maximum Gasteiger partial charge on any atom is 0.223 e. The average Bonchev–Trinajstić information content (AvgIpc) is 2.59. The lowest BCUT2D eigenvalue weighted by Crippen LogP contribution is -2.35. The molecule has 3 rings (SSSR count). The molecule has 1 aliphatic heterocycles. The number of pyridine rings is 1. The Morgan fingerprint density at radius 2 is 2.12 bits per heavy atom. The summed E-state index contributed by atoms with van der Waals surface area (Å²) in [4.78, 5) is 27.3. The van der Waals surface area contributed by atoms with E-state index in [0.717, 1.165) is 22.6 Å². The van der Waals surface area contributed by atoms with E-state index in [1.165, 1.54) is 0 Å². The highest BCUT2D eigenvalue weighted by molar-refractivity contribution is 6.35. The topological polar surface area (TPSA) is 94.2 Å². The number of nitrogens with two attached hydrogens (primary N) is 1. The number of hydrogen-bond donors (Lipinski definition) is 1. The molecule has 1 aliphatic rings. The molecule has 0 saturated carbocycles. The normalized spacial score (nSPS) is 15.3. The van der Waals surface area contributed by atoms with Crippen molar-refractivity contribution in [1.82, 2.24) is 15.0 Å². The lowest BCUT2D eigenvalue weighted by atomic mass is 9.99. The van der Waals surface area contributed by atoms with Gasteiger partial charge in [-0.15, -0.1) is 0 Å². The maximum atomic E-state index is 12.7. The fourth-order valence-corrected chi connectivity index (χ4v) is 3.40. The minimum atomic E-state index is -0.171. The van der Waals surface area contributed by atoms with Crippen LogP contribution in [-0.4, -0.2) is 34.4 Å². The molecular weight excluding hydrogens is 354 g/mol. The Bertz CT molecular complexity index is 926. The van der Waals surface area contributed by atoms with Gasteiger partial charge in [0.15, 0.2) is 5.78 Å². The van der Waals surface area contributed by atoms with Crippen LogP contribution in [0.5, 0.6) is 5.75 Å². The minimum Gasteiger partial charge on any atom is -0.496 e. The highest BCUT2D eigenvalue weighted by Gasteiger charge is 2.32. The molecule has 0 saturated heterocycles. The zero-order valence-corrected chi connectivity index (χ0v) is 15.9. The lowest BCUT2D eigenvalue weighted by molar-refractivity contribution is 0.102. The summed E-state index contributed by atoms with van der Waals surface area (Å²) in [5.74, 6) is 1.09. The Balaban J connectivity index is 2.10. The first-order chi connectivity index (χ1) is 12.4. The molecule has 2 N–H and O–H groups in total. The van der Waals surface area contributed by atoms with Gasteiger partial charge < -0.3 is 15.4 Å². The molecule has 0 bridgehead atoms. The third-order valence-electron chi connectivity index (χ3n) is 4.48. The zero-order chi connectivity index (χ0) is 19.0. The molecule has 0 unspecified atom stereocenters.